The maximum Gasteiger partial charge on any atom is 0.250 e. The summed E-state index contributed by atoms with van der Waals surface area (Å²) in [5, 5.41) is 0. The van der Waals surface area contributed by atoms with Crippen LogP contribution in [0, 0.1) is 0 Å². The Balaban J connectivity index is 2.04. The maximum atomic E-state index is 5.80. The SMILES string of the molecule is CN(C)CCC1(C)Oc2ccccc2O1. The fourth-order valence-electron chi connectivity index (χ4n) is 1.63. The zero-order chi connectivity index (χ0) is 10.9. The van der Waals surface area contributed by atoms with Gasteiger partial charge in [0.1, 0.15) is 0 Å². The van der Waals surface area contributed by atoms with E-state index in [-0.39, 0.29) is 0 Å². The molecule has 15 heavy (non-hydrogen) atoms. The van der Waals surface area contributed by atoms with Crippen molar-refractivity contribution in [2.24, 2.45) is 0 Å². The molecule has 0 radical (unpaired) electrons. The summed E-state index contributed by atoms with van der Waals surface area (Å²) in [6.07, 6.45) is 0.856. The molecule has 0 aliphatic carbocycles. The second-order valence-electron chi connectivity index (χ2n) is 4.34. The van der Waals surface area contributed by atoms with Crippen molar-refractivity contribution < 1.29 is 9.47 Å². The van der Waals surface area contributed by atoms with Gasteiger partial charge in [0.2, 0.25) is 5.79 Å². The summed E-state index contributed by atoms with van der Waals surface area (Å²) in [7, 11) is 4.09. The van der Waals surface area contributed by atoms with Crippen LogP contribution in [-0.4, -0.2) is 31.3 Å². The van der Waals surface area contributed by atoms with E-state index in [2.05, 4.69) is 4.90 Å². The zero-order valence-electron chi connectivity index (χ0n) is 9.49. The third-order valence-corrected chi connectivity index (χ3v) is 2.51. The number of hydrogen-bond donors (Lipinski definition) is 0. The van der Waals surface area contributed by atoms with Gasteiger partial charge in [0, 0.05) is 19.9 Å². The second-order valence-corrected chi connectivity index (χ2v) is 4.34. The molecule has 0 amide bonds. The molecular formula is C12H17NO2. The lowest BCUT2D eigenvalue weighted by atomic mass is 10.2. The van der Waals surface area contributed by atoms with E-state index in [1.807, 2.05) is 45.3 Å². The van der Waals surface area contributed by atoms with Crippen LogP contribution in [0.3, 0.4) is 0 Å². The Morgan fingerprint density at radius 1 is 1.13 bits per heavy atom. The molecule has 3 nitrogen and oxygen atoms in total. The van der Waals surface area contributed by atoms with Crippen molar-refractivity contribution in [3.05, 3.63) is 24.3 Å². The lowest BCUT2D eigenvalue weighted by Gasteiger charge is -2.24. The van der Waals surface area contributed by atoms with Gasteiger partial charge in [-0.1, -0.05) is 12.1 Å². The van der Waals surface area contributed by atoms with Crippen LogP contribution in [0.1, 0.15) is 13.3 Å². The van der Waals surface area contributed by atoms with E-state index in [0.29, 0.717) is 0 Å². The molecular weight excluding hydrogens is 190 g/mol. The Morgan fingerprint density at radius 2 is 1.67 bits per heavy atom. The lowest BCUT2D eigenvalue weighted by molar-refractivity contribution is -0.0713. The molecule has 82 valence electrons. The molecule has 0 unspecified atom stereocenters. The highest BCUT2D eigenvalue weighted by Crippen LogP contribution is 2.40. The van der Waals surface area contributed by atoms with Gasteiger partial charge in [-0.2, -0.15) is 0 Å². The molecule has 1 aliphatic rings. The van der Waals surface area contributed by atoms with Gasteiger partial charge >= 0.3 is 0 Å². The van der Waals surface area contributed by atoms with Gasteiger partial charge in [0.15, 0.2) is 11.5 Å². The van der Waals surface area contributed by atoms with Crippen LogP contribution in [0.2, 0.25) is 0 Å². The quantitative estimate of drug-likeness (QED) is 0.758. The van der Waals surface area contributed by atoms with E-state index in [0.717, 1.165) is 24.5 Å². The molecule has 1 aliphatic heterocycles. The summed E-state index contributed by atoms with van der Waals surface area (Å²) in [5.74, 6) is 1.19. The molecule has 1 heterocycles. The highest BCUT2D eigenvalue weighted by atomic mass is 16.7. The van der Waals surface area contributed by atoms with Crippen LogP contribution in [0.5, 0.6) is 11.5 Å². The Labute approximate surface area is 90.6 Å². The molecule has 1 aromatic rings. The van der Waals surface area contributed by atoms with Crippen LogP contribution in [0.4, 0.5) is 0 Å². The maximum absolute atomic E-state index is 5.80. The van der Waals surface area contributed by atoms with Gasteiger partial charge in [-0.25, -0.2) is 0 Å². The zero-order valence-corrected chi connectivity index (χ0v) is 9.49. The number of ether oxygens (including phenoxy) is 2. The summed E-state index contributed by atoms with van der Waals surface area (Å²) in [6, 6.07) is 7.80. The summed E-state index contributed by atoms with van der Waals surface area (Å²) in [4.78, 5) is 2.13. The third kappa shape index (κ3) is 2.23. The molecule has 0 atom stereocenters. The molecule has 0 fully saturated rings. The van der Waals surface area contributed by atoms with Gasteiger partial charge in [-0.15, -0.1) is 0 Å². The van der Waals surface area contributed by atoms with Crippen LogP contribution in [0.25, 0.3) is 0 Å². The van der Waals surface area contributed by atoms with Crippen molar-refractivity contribution in [1.29, 1.82) is 0 Å². The first kappa shape index (κ1) is 10.3. The Kier molecular flexibility index (Phi) is 2.57. The van der Waals surface area contributed by atoms with Crippen LogP contribution < -0.4 is 9.47 Å². The van der Waals surface area contributed by atoms with E-state index in [1.54, 1.807) is 0 Å². The van der Waals surface area contributed by atoms with Crippen LogP contribution in [-0.2, 0) is 0 Å². The average molecular weight is 207 g/mol. The minimum Gasteiger partial charge on any atom is -0.449 e. The third-order valence-electron chi connectivity index (χ3n) is 2.51. The second kappa shape index (κ2) is 3.74. The van der Waals surface area contributed by atoms with Crippen molar-refractivity contribution >= 4 is 0 Å². The van der Waals surface area contributed by atoms with Crippen molar-refractivity contribution in [2.75, 3.05) is 20.6 Å². The number of rotatable bonds is 3. The van der Waals surface area contributed by atoms with Crippen molar-refractivity contribution in [3.63, 3.8) is 0 Å². The van der Waals surface area contributed by atoms with Crippen molar-refractivity contribution in [3.8, 4) is 11.5 Å². The van der Waals surface area contributed by atoms with Gasteiger partial charge in [-0.05, 0) is 26.2 Å². The smallest absolute Gasteiger partial charge is 0.250 e. The fraction of sp³-hybridized carbons (Fsp3) is 0.500. The van der Waals surface area contributed by atoms with Crippen molar-refractivity contribution in [2.45, 2.75) is 19.1 Å². The van der Waals surface area contributed by atoms with Gasteiger partial charge in [0.25, 0.3) is 0 Å². The average Bonchev–Trinajstić information content (AvgIpc) is 2.52. The molecule has 2 rings (SSSR count). The standard InChI is InChI=1S/C12H17NO2/c1-12(8-9-13(2)3)14-10-6-4-5-7-11(10)15-12/h4-7H,8-9H2,1-3H3. The number of hydrogen-bond acceptors (Lipinski definition) is 3. The summed E-state index contributed by atoms with van der Waals surface area (Å²) < 4.78 is 11.6. The summed E-state index contributed by atoms with van der Waals surface area (Å²) in [6.45, 7) is 2.93. The number of para-hydroxylation sites is 2. The van der Waals surface area contributed by atoms with E-state index in [9.17, 15) is 0 Å². The predicted octanol–water partition coefficient (Wildman–Crippen LogP) is 2.13. The summed E-state index contributed by atoms with van der Waals surface area (Å²) >= 11 is 0. The first-order valence-corrected chi connectivity index (χ1v) is 5.21. The minimum atomic E-state index is -0.506. The first-order valence-electron chi connectivity index (χ1n) is 5.21. The van der Waals surface area contributed by atoms with Crippen molar-refractivity contribution in [1.82, 2.24) is 4.90 Å². The van der Waals surface area contributed by atoms with Gasteiger partial charge in [0.05, 0.1) is 0 Å². The topological polar surface area (TPSA) is 21.7 Å². The normalized spacial score (nSPS) is 17.1. The predicted molar refractivity (Wildman–Crippen MR) is 59.3 cm³/mol. The number of nitrogens with zero attached hydrogens (tertiary/aromatic N) is 1. The van der Waals surface area contributed by atoms with E-state index in [4.69, 9.17) is 9.47 Å². The fourth-order valence-corrected chi connectivity index (χ4v) is 1.63. The Morgan fingerprint density at radius 3 is 2.13 bits per heavy atom. The Bertz CT molecular complexity index is 324. The van der Waals surface area contributed by atoms with E-state index >= 15 is 0 Å². The minimum absolute atomic E-state index is 0.506. The molecule has 0 spiro atoms. The largest absolute Gasteiger partial charge is 0.449 e. The highest BCUT2D eigenvalue weighted by Gasteiger charge is 2.35. The molecule has 0 bridgehead atoms. The molecule has 1 aromatic carbocycles. The van der Waals surface area contributed by atoms with Crippen LogP contribution >= 0.6 is 0 Å². The molecule has 0 saturated heterocycles. The molecule has 3 heteroatoms. The summed E-state index contributed by atoms with van der Waals surface area (Å²) in [5.41, 5.74) is 0. The monoisotopic (exact) mass is 207 g/mol. The highest BCUT2D eigenvalue weighted by molar-refractivity contribution is 5.42. The van der Waals surface area contributed by atoms with Gasteiger partial charge in [-0.3, -0.25) is 0 Å². The van der Waals surface area contributed by atoms with Crippen LogP contribution in [0.15, 0.2) is 24.3 Å². The van der Waals surface area contributed by atoms with E-state index in [1.165, 1.54) is 0 Å². The molecule has 0 saturated carbocycles. The van der Waals surface area contributed by atoms with E-state index < -0.39 is 5.79 Å². The molecule has 0 N–H and O–H groups in total. The molecule has 0 aromatic heterocycles. The number of fused-ring (bicyclic) bond motifs is 1. The lowest BCUT2D eigenvalue weighted by Crippen LogP contribution is -2.37. The Hall–Kier alpha value is -1.22. The van der Waals surface area contributed by atoms with Gasteiger partial charge < -0.3 is 14.4 Å². The number of benzene rings is 1. The first-order chi connectivity index (χ1) is 7.09.